The molecule has 0 atom stereocenters. The highest BCUT2D eigenvalue weighted by molar-refractivity contribution is 7.87. The molecule has 1 aromatic heterocycles. The van der Waals surface area contributed by atoms with Crippen molar-refractivity contribution in [1.82, 2.24) is 9.78 Å². The molecule has 2 aromatic carbocycles. The van der Waals surface area contributed by atoms with E-state index in [-0.39, 0.29) is 17.2 Å². The van der Waals surface area contributed by atoms with Gasteiger partial charge in [0.25, 0.3) is 5.56 Å². The fourth-order valence-electron chi connectivity index (χ4n) is 2.38. The van der Waals surface area contributed by atoms with E-state index in [0.29, 0.717) is 5.02 Å². The summed E-state index contributed by atoms with van der Waals surface area (Å²) in [7, 11) is -4.41. The molecule has 0 saturated carbocycles. The molecule has 0 spiro atoms. The Morgan fingerprint density at radius 1 is 1.13 bits per heavy atom. The highest BCUT2D eigenvalue weighted by atomic mass is 35.5. The highest BCUT2D eigenvalue weighted by Crippen LogP contribution is 2.23. The van der Waals surface area contributed by atoms with Gasteiger partial charge in [0, 0.05) is 5.02 Å². The molecule has 0 N–H and O–H groups in total. The lowest BCUT2D eigenvalue weighted by atomic mass is 10.3. The minimum absolute atomic E-state index is 0.0282. The van der Waals surface area contributed by atoms with E-state index >= 15 is 0 Å². The predicted octanol–water partition coefficient (Wildman–Crippen LogP) is 2.97. The molecule has 3 aromatic rings. The number of carbonyl (C=O) groups is 1. The standard InChI is InChI=1S/C19H14ClFN2O6S/c1-2-28-19(25)18-16(29-30(26,27)15-9-3-12(20)4-10-15)11-17(24)23(22-18)14-7-5-13(21)6-8-14/h3-11H,2H2,1H3. The summed E-state index contributed by atoms with van der Waals surface area (Å²) < 4.78 is 49.0. The number of hydrogen-bond donors (Lipinski definition) is 0. The summed E-state index contributed by atoms with van der Waals surface area (Å²) in [5.74, 6) is -2.15. The van der Waals surface area contributed by atoms with Crippen LogP contribution in [0.1, 0.15) is 17.4 Å². The van der Waals surface area contributed by atoms with Crippen LogP contribution in [0.15, 0.2) is 64.3 Å². The van der Waals surface area contributed by atoms with E-state index in [4.69, 9.17) is 20.5 Å². The normalized spacial score (nSPS) is 11.2. The molecule has 11 heteroatoms. The number of ether oxygens (including phenoxy) is 1. The topological polar surface area (TPSA) is 105 Å². The van der Waals surface area contributed by atoms with Gasteiger partial charge in [0.15, 0.2) is 5.75 Å². The molecule has 0 unspecified atom stereocenters. The number of rotatable bonds is 6. The Morgan fingerprint density at radius 3 is 2.37 bits per heavy atom. The van der Waals surface area contributed by atoms with Crippen molar-refractivity contribution in [2.45, 2.75) is 11.8 Å². The van der Waals surface area contributed by atoms with Crippen LogP contribution in [-0.2, 0) is 14.9 Å². The minimum Gasteiger partial charge on any atom is -0.461 e. The van der Waals surface area contributed by atoms with Crippen molar-refractivity contribution in [2.24, 2.45) is 0 Å². The fraction of sp³-hybridized carbons (Fsp3) is 0.105. The first-order valence-electron chi connectivity index (χ1n) is 8.49. The SMILES string of the molecule is CCOC(=O)c1nn(-c2ccc(F)cc2)c(=O)cc1OS(=O)(=O)c1ccc(Cl)cc1. The van der Waals surface area contributed by atoms with Crippen LogP contribution in [0.4, 0.5) is 4.39 Å². The second-order valence-corrected chi connectivity index (χ2v) is 7.78. The number of carbonyl (C=O) groups excluding carboxylic acids is 1. The molecule has 1 heterocycles. The van der Waals surface area contributed by atoms with Crippen LogP contribution in [0.5, 0.6) is 5.75 Å². The van der Waals surface area contributed by atoms with Gasteiger partial charge in [-0.2, -0.15) is 18.2 Å². The Labute approximate surface area is 175 Å². The predicted molar refractivity (Wildman–Crippen MR) is 105 cm³/mol. The molecule has 0 bridgehead atoms. The molecule has 0 radical (unpaired) electrons. The molecule has 0 aliphatic heterocycles. The van der Waals surface area contributed by atoms with Crippen LogP contribution in [0.25, 0.3) is 5.69 Å². The summed E-state index contributed by atoms with van der Waals surface area (Å²) in [5.41, 5.74) is -1.20. The van der Waals surface area contributed by atoms with Crippen molar-refractivity contribution in [3.05, 3.63) is 81.5 Å². The molecule has 30 heavy (non-hydrogen) atoms. The Hall–Kier alpha value is -3.24. The monoisotopic (exact) mass is 452 g/mol. The molecule has 0 aliphatic rings. The van der Waals surface area contributed by atoms with E-state index in [1.165, 1.54) is 36.4 Å². The Kier molecular flexibility index (Phi) is 6.18. The third-order valence-electron chi connectivity index (χ3n) is 3.74. The third kappa shape index (κ3) is 4.66. The van der Waals surface area contributed by atoms with Crippen molar-refractivity contribution >= 4 is 27.7 Å². The van der Waals surface area contributed by atoms with Crippen molar-refractivity contribution in [3.63, 3.8) is 0 Å². The maximum absolute atomic E-state index is 13.2. The Bertz CT molecular complexity index is 1240. The van der Waals surface area contributed by atoms with Crippen LogP contribution < -0.4 is 9.74 Å². The van der Waals surface area contributed by atoms with Gasteiger partial charge in [-0.05, 0) is 55.5 Å². The van der Waals surface area contributed by atoms with Crippen molar-refractivity contribution in [1.29, 1.82) is 0 Å². The maximum Gasteiger partial charge on any atom is 0.362 e. The Balaban J connectivity index is 2.10. The van der Waals surface area contributed by atoms with Crippen LogP contribution in [0.2, 0.25) is 5.02 Å². The summed E-state index contributed by atoms with van der Waals surface area (Å²) in [5, 5.41) is 4.19. The number of esters is 1. The lowest BCUT2D eigenvalue weighted by Crippen LogP contribution is -2.26. The zero-order chi connectivity index (χ0) is 21.9. The third-order valence-corrected chi connectivity index (χ3v) is 5.24. The van der Waals surface area contributed by atoms with Gasteiger partial charge in [0.05, 0.1) is 18.4 Å². The van der Waals surface area contributed by atoms with Crippen molar-refractivity contribution in [2.75, 3.05) is 6.61 Å². The van der Waals surface area contributed by atoms with Gasteiger partial charge < -0.3 is 8.92 Å². The van der Waals surface area contributed by atoms with E-state index in [9.17, 15) is 22.4 Å². The lowest BCUT2D eigenvalue weighted by Gasteiger charge is -2.12. The first-order valence-corrected chi connectivity index (χ1v) is 10.3. The van der Waals surface area contributed by atoms with Gasteiger partial charge in [0.2, 0.25) is 5.69 Å². The van der Waals surface area contributed by atoms with Gasteiger partial charge in [0.1, 0.15) is 10.7 Å². The van der Waals surface area contributed by atoms with E-state index in [0.717, 1.165) is 22.9 Å². The van der Waals surface area contributed by atoms with Gasteiger partial charge in [-0.15, -0.1) is 0 Å². The second-order valence-electron chi connectivity index (χ2n) is 5.80. The first kappa shape index (κ1) is 21.5. The van der Waals surface area contributed by atoms with Gasteiger partial charge in [-0.1, -0.05) is 11.6 Å². The summed E-state index contributed by atoms with van der Waals surface area (Å²) in [6, 6.07) is 10.6. The second kappa shape index (κ2) is 8.64. The number of hydrogen-bond acceptors (Lipinski definition) is 7. The van der Waals surface area contributed by atoms with Crippen LogP contribution in [0, 0.1) is 5.82 Å². The van der Waals surface area contributed by atoms with Crippen LogP contribution in [-0.4, -0.2) is 30.8 Å². The summed E-state index contributed by atoms with van der Waals surface area (Å²) in [6.45, 7) is 1.51. The van der Waals surface area contributed by atoms with Crippen molar-refractivity contribution in [3.8, 4) is 11.4 Å². The van der Waals surface area contributed by atoms with E-state index in [1.54, 1.807) is 6.92 Å². The molecule has 3 rings (SSSR count). The zero-order valence-corrected chi connectivity index (χ0v) is 17.0. The summed E-state index contributed by atoms with van der Waals surface area (Å²) >= 11 is 5.76. The Morgan fingerprint density at radius 2 is 1.77 bits per heavy atom. The van der Waals surface area contributed by atoms with Gasteiger partial charge in [-0.25, -0.2) is 9.18 Å². The molecule has 0 fully saturated rings. The average molecular weight is 453 g/mol. The molecule has 0 aliphatic carbocycles. The molecular formula is C19H14ClFN2O6S. The first-order chi connectivity index (χ1) is 14.2. The number of halogens is 2. The molecule has 0 amide bonds. The van der Waals surface area contributed by atoms with E-state index in [2.05, 4.69) is 5.10 Å². The quantitative estimate of drug-likeness (QED) is 0.418. The largest absolute Gasteiger partial charge is 0.461 e. The van der Waals surface area contributed by atoms with Crippen molar-refractivity contribution < 1.29 is 26.5 Å². The number of nitrogens with zero attached hydrogens (tertiary/aromatic N) is 2. The summed E-state index contributed by atoms with van der Waals surface area (Å²) in [6.07, 6.45) is 0. The maximum atomic E-state index is 13.2. The number of benzene rings is 2. The fourth-order valence-corrected chi connectivity index (χ4v) is 3.43. The average Bonchev–Trinajstić information content (AvgIpc) is 2.69. The zero-order valence-electron chi connectivity index (χ0n) is 15.4. The minimum atomic E-state index is -4.41. The smallest absolute Gasteiger partial charge is 0.362 e. The molecular weight excluding hydrogens is 439 g/mol. The molecule has 8 nitrogen and oxygen atoms in total. The van der Waals surface area contributed by atoms with Gasteiger partial charge >= 0.3 is 16.1 Å². The lowest BCUT2D eigenvalue weighted by molar-refractivity contribution is 0.0515. The van der Waals surface area contributed by atoms with Gasteiger partial charge in [-0.3, -0.25) is 4.79 Å². The van der Waals surface area contributed by atoms with E-state index in [1.807, 2.05) is 0 Å². The highest BCUT2D eigenvalue weighted by Gasteiger charge is 2.25. The van der Waals surface area contributed by atoms with E-state index < -0.39 is 38.9 Å². The van der Waals surface area contributed by atoms with Crippen LogP contribution >= 0.6 is 11.6 Å². The number of aromatic nitrogens is 2. The molecule has 156 valence electrons. The molecule has 0 saturated heterocycles. The van der Waals surface area contributed by atoms with Crippen LogP contribution in [0.3, 0.4) is 0 Å². The summed E-state index contributed by atoms with van der Waals surface area (Å²) in [4.78, 5) is 24.6.